The minimum absolute atomic E-state index is 0.856. The molecule has 0 spiro atoms. The first-order valence-corrected chi connectivity index (χ1v) is 7.39. The van der Waals surface area contributed by atoms with E-state index >= 15 is 0 Å². The van der Waals surface area contributed by atoms with E-state index in [1.807, 2.05) is 18.2 Å². The van der Waals surface area contributed by atoms with Gasteiger partial charge in [-0.05, 0) is 48.4 Å². The predicted octanol–water partition coefficient (Wildman–Crippen LogP) is 5.82. The fraction of sp³-hybridized carbons (Fsp3) is 0.143. The van der Waals surface area contributed by atoms with Gasteiger partial charge in [0.1, 0.15) is 0 Å². The van der Waals surface area contributed by atoms with Crippen LogP contribution in [-0.2, 0) is 6.42 Å². The maximum atomic E-state index is 6.20. The van der Waals surface area contributed by atoms with Gasteiger partial charge < -0.3 is 0 Å². The SMILES string of the molecule is CCc1ccc(Sc2ccc(Br)cc2)cc1Cl. The van der Waals surface area contributed by atoms with Crippen LogP contribution in [0.1, 0.15) is 12.5 Å². The molecule has 0 amide bonds. The van der Waals surface area contributed by atoms with Gasteiger partial charge in [-0.25, -0.2) is 0 Å². The van der Waals surface area contributed by atoms with E-state index in [4.69, 9.17) is 11.6 Å². The second kappa shape index (κ2) is 5.94. The van der Waals surface area contributed by atoms with Gasteiger partial charge in [0.15, 0.2) is 0 Å². The first-order chi connectivity index (χ1) is 8.19. The van der Waals surface area contributed by atoms with Crippen molar-refractivity contribution >= 4 is 39.3 Å². The zero-order chi connectivity index (χ0) is 12.3. The average molecular weight is 328 g/mol. The van der Waals surface area contributed by atoms with Crippen molar-refractivity contribution < 1.29 is 0 Å². The van der Waals surface area contributed by atoms with Crippen LogP contribution >= 0.6 is 39.3 Å². The van der Waals surface area contributed by atoms with Crippen molar-refractivity contribution in [2.45, 2.75) is 23.1 Å². The van der Waals surface area contributed by atoms with Gasteiger partial charge in [-0.1, -0.05) is 52.3 Å². The highest BCUT2D eigenvalue weighted by atomic mass is 79.9. The van der Waals surface area contributed by atoms with Crippen molar-refractivity contribution in [2.75, 3.05) is 0 Å². The smallest absolute Gasteiger partial charge is 0.0449 e. The van der Waals surface area contributed by atoms with Crippen LogP contribution in [-0.4, -0.2) is 0 Å². The molecular weight excluding hydrogens is 316 g/mol. The van der Waals surface area contributed by atoms with Crippen molar-refractivity contribution in [3.05, 3.63) is 57.5 Å². The van der Waals surface area contributed by atoms with Crippen LogP contribution in [0.5, 0.6) is 0 Å². The van der Waals surface area contributed by atoms with Gasteiger partial charge in [-0.2, -0.15) is 0 Å². The molecule has 0 aliphatic carbocycles. The van der Waals surface area contributed by atoms with Crippen molar-refractivity contribution in [1.29, 1.82) is 0 Å². The van der Waals surface area contributed by atoms with Crippen LogP contribution in [0.3, 0.4) is 0 Å². The summed E-state index contributed by atoms with van der Waals surface area (Å²) in [4.78, 5) is 2.39. The molecule has 2 aromatic rings. The van der Waals surface area contributed by atoms with Crippen molar-refractivity contribution in [3.63, 3.8) is 0 Å². The Morgan fingerprint density at radius 2 is 1.71 bits per heavy atom. The van der Waals surface area contributed by atoms with E-state index in [0.717, 1.165) is 15.9 Å². The van der Waals surface area contributed by atoms with Crippen LogP contribution < -0.4 is 0 Å². The number of benzene rings is 2. The summed E-state index contributed by atoms with van der Waals surface area (Å²) in [6.07, 6.45) is 0.974. The maximum Gasteiger partial charge on any atom is 0.0449 e. The van der Waals surface area contributed by atoms with Gasteiger partial charge in [-0.3, -0.25) is 0 Å². The van der Waals surface area contributed by atoms with E-state index in [1.165, 1.54) is 15.4 Å². The first-order valence-electron chi connectivity index (χ1n) is 5.41. The molecule has 0 fully saturated rings. The fourth-order valence-corrected chi connectivity index (χ4v) is 3.02. The van der Waals surface area contributed by atoms with Crippen molar-refractivity contribution in [3.8, 4) is 0 Å². The molecule has 0 aromatic heterocycles. The molecule has 0 aliphatic heterocycles. The molecule has 0 aliphatic rings. The summed E-state index contributed by atoms with van der Waals surface area (Å²) < 4.78 is 1.10. The zero-order valence-electron chi connectivity index (χ0n) is 9.41. The second-order valence-corrected chi connectivity index (χ2v) is 6.13. The highest BCUT2D eigenvalue weighted by molar-refractivity contribution is 9.10. The number of hydrogen-bond donors (Lipinski definition) is 0. The van der Waals surface area contributed by atoms with Crippen LogP contribution in [0, 0.1) is 0 Å². The van der Waals surface area contributed by atoms with Crippen molar-refractivity contribution in [1.82, 2.24) is 0 Å². The number of rotatable bonds is 3. The highest BCUT2D eigenvalue weighted by Gasteiger charge is 2.02. The van der Waals surface area contributed by atoms with E-state index in [2.05, 4.69) is 47.1 Å². The van der Waals surface area contributed by atoms with Crippen LogP contribution in [0.2, 0.25) is 5.02 Å². The van der Waals surface area contributed by atoms with Gasteiger partial charge in [-0.15, -0.1) is 0 Å². The Balaban J connectivity index is 2.19. The molecule has 3 heteroatoms. The minimum atomic E-state index is 0.856. The molecule has 17 heavy (non-hydrogen) atoms. The molecule has 0 saturated heterocycles. The Morgan fingerprint density at radius 1 is 1.06 bits per heavy atom. The lowest BCUT2D eigenvalue weighted by Crippen LogP contribution is -1.82. The molecule has 0 N–H and O–H groups in total. The Morgan fingerprint density at radius 3 is 2.29 bits per heavy atom. The molecular formula is C14H12BrClS. The lowest BCUT2D eigenvalue weighted by atomic mass is 10.2. The van der Waals surface area contributed by atoms with E-state index < -0.39 is 0 Å². The largest absolute Gasteiger partial charge is 0.0900 e. The topological polar surface area (TPSA) is 0 Å². The summed E-state index contributed by atoms with van der Waals surface area (Å²) in [6.45, 7) is 2.11. The Kier molecular flexibility index (Phi) is 4.55. The van der Waals surface area contributed by atoms with Crippen LogP contribution in [0.4, 0.5) is 0 Å². The summed E-state index contributed by atoms with van der Waals surface area (Å²) in [5.41, 5.74) is 1.20. The molecule has 0 atom stereocenters. The number of halogens is 2. The summed E-state index contributed by atoms with van der Waals surface area (Å²) in [7, 11) is 0. The van der Waals surface area contributed by atoms with E-state index in [-0.39, 0.29) is 0 Å². The standard InChI is InChI=1S/C14H12BrClS/c1-2-10-3-6-13(9-14(10)16)17-12-7-4-11(15)5-8-12/h3-9H,2H2,1H3. The minimum Gasteiger partial charge on any atom is -0.0900 e. The Hall–Kier alpha value is -0.440. The zero-order valence-corrected chi connectivity index (χ0v) is 12.6. The van der Waals surface area contributed by atoms with E-state index in [0.29, 0.717) is 0 Å². The molecule has 0 heterocycles. The number of hydrogen-bond acceptors (Lipinski definition) is 1. The highest BCUT2D eigenvalue weighted by Crippen LogP contribution is 2.31. The van der Waals surface area contributed by atoms with Gasteiger partial charge >= 0.3 is 0 Å². The normalized spacial score (nSPS) is 10.5. The first kappa shape index (κ1) is 13.0. The molecule has 2 rings (SSSR count). The van der Waals surface area contributed by atoms with Crippen LogP contribution in [0.25, 0.3) is 0 Å². The third-order valence-electron chi connectivity index (χ3n) is 2.45. The van der Waals surface area contributed by atoms with E-state index in [9.17, 15) is 0 Å². The molecule has 0 unspecified atom stereocenters. The van der Waals surface area contributed by atoms with E-state index in [1.54, 1.807) is 11.8 Å². The predicted molar refractivity (Wildman–Crippen MR) is 79.1 cm³/mol. The summed E-state index contributed by atoms with van der Waals surface area (Å²) in [5, 5.41) is 0.856. The number of aryl methyl sites for hydroxylation is 1. The Bertz CT molecular complexity index is 508. The third-order valence-corrected chi connectivity index (χ3v) is 4.33. The fourth-order valence-electron chi connectivity index (χ4n) is 1.52. The molecule has 88 valence electrons. The van der Waals surface area contributed by atoms with Crippen LogP contribution in [0.15, 0.2) is 56.7 Å². The molecule has 0 bridgehead atoms. The van der Waals surface area contributed by atoms with Gasteiger partial charge in [0, 0.05) is 19.3 Å². The second-order valence-electron chi connectivity index (χ2n) is 3.66. The van der Waals surface area contributed by atoms with Gasteiger partial charge in [0.25, 0.3) is 0 Å². The van der Waals surface area contributed by atoms with Crippen molar-refractivity contribution in [2.24, 2.45) is 0 Å². The third kappa shape index (κ3) is 3.51. The molecule has 2 aromatic carbocycles. The van der Waals surface area contributed by atoms with Gasteiger partial charge in [0.05, 0.1) is 0 Å². The maximum absolute atomic E-state index is 6.20. The monoisotopic (exact) mass is 326 g/mol. The summed E-state index contributed by atoms with van der Waals surface area (Å²) in [6, 6.07) is 14.5. The summed E-state index contributed by atoms with van der Waals surface area (Å²) in [5.74, 6) is 0. The van der Waals surface area contributed by atoms with Gasteiger partial charge in [0.2, 0.25) is 0 Å². The Labute approximate surface area is 120 Å². The lowest BCUT2D eigenvalue weighted by molar-refractivity contribution is 1.13. The summed E-state index contributed by atoms with van der Waals surface area (Å²) >= 11 is 11.4. The molecule has 0 radical (unpaired) electrons. The quantitative estimate of drug-likeness (QED) is 0.685. The molecule has 0 saturated carbocycles. The lowest BCUT2D eigenvalue weighted by Gasteiger charge is -2.05. The molecule has 0 nitrogen and oxygen atoms in total. The average Bonchev–Trinajstić information content (AvgIpc) is 2.32.